The molecule has 20 heavy (non-hydrogen) atoms. The van der Waals surface area contributed by atoms with Gasteiger partial charge in [0.15, 0.2) is 0 Å². The highest BCUT2D eigenvalue weighted by Gasteiger charge is 2.23. The molecule has 0 spiro atoms. The Labute approximate surface area is 123 Å². The van der Waals surface area contributed by atoms with Crippen molar-refractivity contribution in [3.63, 3.8) is 0 Å². The number of nitrogens with zero attached hydrogens (tertiary/aromatic N) is 3. The average Bonchev–Trinajstić information content (AvgIpc) is 2.29. The van der Waals surface area contributed by atoms with E-state index in [1.54, 1.807) is 0 Å². The molecule has 0 saturated carbocycles. The second-order valence-corrected chi connectivity index (χ2v) is 7.22. The number of aromatic nitrogens is 2. The van der Waals surface area contributed by atoms with Crippen LogP contribution in [0.4, 0.5) is 11.6 Å². The first kappa shape index (κ1) is 16.7. The van der Waals surface area contributed by atoms with Crippen LogP contribution in [-0.4, -0.2) is 23.1 Å². The van der Waals surface area contributed by atoms with Gasteiger partial charge in [0.25, 0.3) is 0 Å². The maximum absolute atomic E-state index is 6.08. The minimum absolute atomic E-state index is 0.0985. The van der Waals surface area contributed by atoms with Crippen LogP contribution in [0.15, 0.2) is 0 Å². The number of nitrogen functional groups attached to an aromatic ring is 1. The molecular formula is C16H30N4. The van der Waals surface area contributed by atoms with E-state index in [9.17, 15) is 0 Å². The van der Waals surface area contributed by atoms with Crippen molar-refractivity contribution in [2.75, 3.05) is 17.7 Å². The van der Waals surface area contributed by atoms with Gasteiger partial charge in [0.2, 0.25) is 0 Å². The van der Waals surface area contributed by atoms with Gasteiger partial charge in [-0.1, -0.05) is 34.6 Å². The van der Waals surface area contributed by atoms with Crippen LogP contribution in [0.25, 0.3) is 0 Å². The third-order valence-corrected chi connectivity index (χ3v) is 3.64. The third kappa shape index (κ3) is 3.84. The molecule has 1 unspecified atom stereocenters. The minimum Gasteiger partial charge on any atom is -0.383 e. The van der Waals surface area contributed by atoms with Gasteiger partial charge in [0, 0.05) is 24.1 Å². The molecule has 1 aromatic heterocycles. The molecule has 0 aromatic carbocycles. The lowest BCUT2D eigenvalue weighted by molar-refractivity contribution is 0.497. The highest BCUT2D eigenvalue weighted by atomic mass is 15.2. The first-order chi connectivity index (χ1) is 9.04. The summed E-state index contributed by atoms with van der Waals surface area (Å²) in [6.07, 6.45) is 1.13. The van der Waals surface area contributed by atoms with Crippen LogP contribution in [0.5, 0.6) is 0 Å². The molecule has 1 atom stereocenters. The molecule has 4 heteroatoms. The molecule has 0 radical (unpaired) electrons. The fraction of sp³-hybridized carbons (Fsp3) is 0.750. The van der Waals surface area contributed by atoms with Gasteiger partial charge >= 0.3 is 0 Å². The van der Waals surface area contributed by atoms with Gasteiger partial charge in [0.05, 0.1) is 0 Å². The Kier molecular flexibility index (Phi) is 5.00. The summed E-state index contributed by atoms with van der Waals surface area (Å²) < 4.78 is 0. The highest BCUT2D eigenvalue weighted by Crippen LogP contribution is 2.28. The summed E-state index contributed by atoms with van der Waals surface area (Å²) >= 11 is 0. The van der Waals surface area contributed by atoms with Crippen molar-refractivity contribution < 1.29 is 0 Å². The van der Waals surface area contributed by atoms with E-state index in [2.05, 4.69) is 58.5 Å². The number of hydrogen-bond donors (Lipinski definition) is 1. The van der Waals surface area contributed by atoms with E-state index in [4.69, 9.17) is 10.7 Å². The van der Waals surface area contributed by atoms with Crippen LogP contribution >= 0.6 is 0 Å². The molecule has 114 valence electrons. The molecule has 0 aliphatic carbocycles. The molecule has 0 aliphatic heterocycles. The lowest BCUT2D eigenvalue weighted by Crippen LogP contribution is -2.32. The standard InChI is InChI=1S/C16H30N4/c1-10(2)9-11(3)20(8)14-12(4)13(17)18-15(19-14)16(5,6)7/h10-11H,9H2,1-8H3,(H2,17,18,19). The second kappa shape index (κ2) is 5.98. The molecule has 1 heterocycles. The maximum Gasteiger partial charge on any atom is 0.138 e. The van der Waals surface area contributed by atoms with Crippen molar-refractivity contribution in [2.24, 2.45) is 5.92 Å². The highest BCUT2D eigenvalue weighted by molar-refractivity contribution is 5.57. The van der Waals surface area contributed by atoms with Crippen LogP contribution < -0.4 is 10.6 Å². The second-order valence-electron chi connectivity index (χ2n) is 7.22. The molecule has 4 nitrogen and oxygen atoms in total. The Morgan fingerprint density at radius 3 is 2.15 bits per heavy atom. The number of anilines is 2. The summed E-state index contributed by atoms with van der Waals surface area (Å²) in [5.41, 5.74) is 6.95. The van der Waals surface area contributed by atoms with Crippen LogP contribution in [0.2, 0.25) is 0 Å². The fourth-order valence-electron chi connectivity index (χ4n) is 2.25. The number of hydrogen-bond acceptors (Lipinski definition) is 4. The molecular weight excluding hydrogens is 248 g/mol. The lowest BCUT2D eigenvalue weighted by Gasteiger charge is -2.30. The van der Waals surface area contributed by atoms with E-state index in [1.807, 2.05) is 6.92 Å². The topological polar surface area (TPSA) is 55.0 Å². The van der Waals surface area contributed by atoms with Gasteiger partial charge in [-0.2, -0.15) is 0 Å². The quantitative estimate of drug-likeness (QED) is 0.915. The Balaban J connectivity index is 3.20. The molecule has 0 aliphatic rings. The van der Waals surface area contributed by atoms with Gasteiger partial charge < -0.3 is 10.6 Å². The Morgan fingerprint density at radius 2 is 1.70 bits per heavy atom. The molecule has 0 saturated heterocycles. The minimum atomic E-state index is -0.0985. The molecule has 0 bridgehead atoms. The summed E-state index contributed by atoms with van der Waals surface area (Å²) in [7, 11) is 2.09. The molecule has 2 N–H and O–H groups in total. The van der Waals surface area contributed by atoms with Crippen molar-refractivity contribution >= 4 is 11.6 Å². The summed E-state index contributed by atoms with van der Waals surface area (Å²) in [5, 5.41) is 0. The van der Waals surface area contributed by atoms with Crippen LogP contribution in [0, 0.1) is 12.8 Å². The van der Waals surface area contributed by atoms with Crippen LogP contribution in [-0.2, 0) is 5.41 Å². The summed E-state index contributed by atoms with van der Waals surface area (Å²) in [6, 6.07) is 0.427. The normalized spacial score (nSPS) is 13.7. The summed E-state index contributed by atoms with van der Waals surface area (Å²) in [6.45, 7) is 15.0. The largest absolute Gasteiger partial charge is 0.383 e. The Morgan fingerprint density at radius 1 is 1.15 bits per heavy atom. The van der Waals surface area contributed by atoms with Crippen molar-refractivity contribution in [1.82, 2.24) is 9.97 Å². The lowest BCUT2D eigenvalue weighted by atomic mass is 9.95. The molecule has 0 amide bonds. The van der Waals surface area contributed by atoms with Crippen molar-refractivity contribution in [3.8, 4) is 0 Å². The van der Waals surface area contributed by atoms with E-state index in [1.165, 1.54) is 0 Å². The van der Waals surface area contributed by atoms with E-state index in [-0.39, 0.29) is 5.41 Å². The van der Waals surface area contributed by atoms with Gasteiger partial charge in [-0.25, -0.2) is 9.97 Å². The Hall–Kier alpha value is -1.32. The van der Waals surface area contributed by atoms with Gasteiger partial charge in [-0.3, -0.25) is 0 Å². The molecule has 1 aromatic rings. The van der Waals surface area contributed by atoms with Gasteiger partial charge in [-0.05, 0) is 26.2 Å². The third-order valence-electron chi connectivity index (χ3n) is 3.64. The van der Waals surface area contributed by atoms with Crippen molar-refractivity contribution in [1.29, 1.82) is 0 Å². The SMILES string of the molecule is Cc1c(N)nc(C(C)(C)C)nc1N(C)C(C)CC(C)C. The summed E-state index contributed by atoms with van der Waals surface area (Å²) in [4.78, 5) is 11.4. The predicted octanol–water partition coefficient (Wildman–Crippen LogP) is 3.54. The monoisotopic (exact) mass is 278 g/mol. The summed E-state index contributed by atoms with van der Waals surface area (Å²) in [5.74, 6) is 3.01. The first-order valence-corrected chi connectivity index (χ1v) is 7.41. The van der Waals surface area contributed by atoms with E-state index < -0.39 is 0 Å². The number of nitrogens with two attached hydrogens (primary N) is 1. The smallest absolute Gasteiger partial charge is 0.138 e. The zero-order chi connectivity index (χ0) is 15.7. The Bertz CT molecular complexity index is 460. The maximum atomic E-state index is 6.08. The van der Waals surface area contributed by atoms with Crippen LogP contribution in [0.1, 0.15) is 59.4 Å². The average molecular weight is 278 g/mol. The molecule has 1 rings (SSSR count). The van der Waals surface area contributed by atoms with Crippen LogP contribution in [0.3, 0.4) is 0 Å². The van der Waals surface area contributed by atoms with Gasteiger partial charge in [-0.15, -0.1) is 0 Å². The van der Waals surface area contributed by atoms with Crippen molar-refractivity contribution in [2.45, 2.75) is 66.3 Å². The van der Waals surface area contributed by atoms with E-state index >= 15 is 0 Å². The van der Waals surface area contributed by atoms with E-state index in [0.29, 0.717) is 17.8 Å². The fourth-order valence-corrected chi connectivity index (χ4v) is 2.25. The zero-order valence-corrected chi connectivity index (χ0v) is 14.3. The first-order valence-electron chi connectivity index (χ1n) is 7.41. The predicted molar refractivity (Wildman–Crippen MR) is 87.2 cm³/mol. The number of rotatable bonds is 4. The molecule has 0 fully saturated rings. The van der Waals surface area contributed by atoms with Gasteiger partial charge in [0.1, 0.15) is 17.5 Å². The zero-order valence-electron chi connectivity index (χ0n) is 14.3. The van der Waals surface area contributed by atoms with E-state index in [0.717, 1.165) is 23.6 Å². The van der Waals surface area contributed by atoms with Crippen molar-refractivity contribution in [3.05, 3.63) is 11.4 Å².